The van der Waals surface area contributed by atoms with Crippen molar-refractivity contribution in [2.45, 2.75) is 17.3 Å². The number of thioether (sulfide) groups is 1. The highest BCUT2D eigenvalue weighted by molar-refractivity contribution is 8.00. The Balaban J connectivity index is 3.31. The first-order valence-electron chi connectivity index (χ1n) is 4.95. The lowest BCUT2D eigenvalue weighted by Gasteiger charge is -2.11. The van der Waals surface area contributed by atoms with E-state index in [1.54, 1.807) is 6.07 Å². The van der Waals surface area contributed by atoms with Gasteiger partial charge in [0.1, 0.15) is 6.07 Å². The van der Waals surface area contributed by atoms with Crippen LogP contribution in [-0.4, -0.2) is 18.1 Å². The van der Waals surface area contributed by atoms with Crippen molar-refractivity contribution in [1.29, 1.82) is 5.26 Å². The lowest BCUT2D eigenvalue weighted by molar-refractivity contribution is -0.0328. The number of hydrogen-bond acceptors (Lipinski definition) is 4. The summed E-state index contributed by atoms with van der Waals surface area (Å²) in [5.74, 6) is -0.928. The number of esters is 1. The minimum atomic E-state index is -4.57. The number of alkyl halides is 3. The van der Waals surface area contributed by atoms with Gasteiger partial charge in [0, 0.05) is 4.90 Å². The van der Waals surface area contributed by atoms with E-state index in [1.807, 2.05) is 0 Å². The molecule has 0 spiro atoms. The molecule has 0 radical (unpaired) electrons. The van der Waals surface area contributed by atoms with Gasteiger partial charge < -0.3 is 4.74 Å². The van der Waals surface area contributed by atoms with Crippen LogP contribution in [0.3, 0.4) is 0 Å². The molecule has 0 fully saturated rings. The van der Waals surface area contributed by atoms with Gasteiger partial charge in [0.15, 0.2) is 0 Å². The van der Waals surface area contributed by atoms with Crippen molar-refractivity contribution in [3.05, 3.63) is 28.3 Å². The fourth-order valence-corrected chi connectivity index (χ4v) is 2.17. The predicted octanol–water partition coefficient (Wildman–Crippen LogP) is 4.00. The van der Waals surface area contributed by atoms with Crippen LogP contribution >= 0.6 is 23.4 Å². The highest BCUT2D eigenvalue weighted by atomic mass is 35.5. The minimum Gasteiger partial charge on any atom is -0.462 e. The molecule has 0 N–H and O–H groups in total. The number of ether oxygens (including phenoxy) is 1. The van der Waals surface area contributed by atoms with Crippen molar-refractivity contribution < 1.29 is 22.7 Å². The summed E-state index contributed by atoms with van der Waals surface area (Å²) in [5.41, 5.74) is -4.99. The predicted molar refractivity (Wildman–Crippen MR) is 64.0 cm³/mol. The third kappa shape index (κ3) is 4.33. The summed E-state index contributed by atoms with van der Waals surface area (Å²) in [7, 11) is 0. The fourth-order valence-electron chi connectivity index (χ4n) is 1.22. The van der Waals surface area contributed by atoms with Gasteiger partial charge in [-0.05, 0) is 30.8 Å². The molecule has 1 aromatic carbocycles. The molecule has 1 rings (SSSR count). The Bertz CT molecular complexity index is 540. The Morgan fingerprint density at radius 1 is 1.53 bits per heavy atom. The van der Waals surface area contributed by atoms with Crippen LogP contribution in [0, 0.1) is 11.3 Å². The number of hydrogen-bond donors (Lipinski definition) is 0. The van der Waals surface area contributed by atoms with Crippen molar-refractivity contribution in [3.8, 4) is 6.07 Å². The average Bonchev–Trinajstić information content (AvgIpc) is 2.27. The largest absolute Gasteiger partial charge is 0.462 e. The van der Waals surface area contributed by atoms with Crippen LogP contribution in [-0.2, 0) is 4.74 Å². The monoisotopic (exact) mass is 309 g/mol. The first-order chi connectivity index (χ1) is 8.78. The molecule has 8 heteroatoms. The molecule has 0 aliphatic rings. The number of carbonyl (C=O) groups is 1. The SMILES string of the molecule is CCOC(=O)c1cc(C#N)c(Cl)cc1SC(F)(F)F. The quantitative estimate of drug-likeness (QED) is 0.625. The number of nitriles is 1. The summed E-state index contributed by atoms with van der Waals surface area (Å²) in [6, 6.07) is 3.62. The van der Waals surface area contributed by atoms with E-state index in [0.29, 0.717) is 0 Å². The molecule has 0 unspecified atom stereocenters. The third-order valence-electron chi connectivity index (χ3n) is 1.91. The van der Waals surface area contributed by atoms with Gasteiger partial charge in [-0.15, -0.1) is 0 Å². The van der Waals surface area contributed by atoms with Crippen molar-refractivity contribution >= 4 is 29.3 Å². The van der Waals surface area contributed by atoms with Crippen molar-refractivity contribution in [3.63, 3.8) is 0 Å². The first-order valence-corrected chi connectivity index (χ1v) is 6.14. The molecule has 0 aliphatic carbocycles. The van der Waals surface area contributed by atoms with Crippen LogP contribution < -0.4 is 0 Å². The molecule has 0 saturated carbocycles. The van der Waals surface area contributed by atoms with E-state index >= 15 is 0 Å². The summed E-state index contributed by atoms with van der Waals surface area (Å²) in [4.78, 5) is 11.2. The Hall–Kier alpha value is -1.39. The number of carbonyl (C=O) groups excluding carboxylic acids is 1. The maximum atomic E-state index is 12.4. The summed E-state index contributed by atoms with van der Waals surface area (Å²) < 4.78 is 41.8. The topological polar surface area (TPSA) is 50.1 Å². The lowest BCUT2D eigenvalue weighted by Crippen LogP contribution is -2.09. The second-order valence-corrected chi connectivity index (χ2v) is 4.72. The van der Waals surface area contributed by atoms with E-state index < -0.39 is 28.1 Å². The second-order valence-electron chi connectivity index (χ2n) is 3.21. The lowest BCUT2D eigenvalue weighted by atomic mass is 10.1. The Kier molecular flexibility index (Phi) is 5.09. The smallest absolute Gasteiger partial charge is 0.446 e. The van der Waals surface area contributed by atoms with E-state index in [1.165, 1.54) is 6.92 Å². The normalized spacial score (nSPS) is 10.9. The van der Waals surface area contributed by atoms with Crippen LogP contribution in [0.25, 0.3) is 0 Å². The summed E-state index contributed by atoms with van der Waals surface area (Å²) in [5, 5.41) is 8.61. The first kappa shape index (κ1) is 15.7. The van der Waals surface area contributed by atoms with Crippen LogP contribution in [0.1, 0.15) is 22.8 Å². The zero-order valence-corrected chi connectivity index (χ0v) is 11.1. The number of benzene rings is 1. The molecular formula is C11H7ClF3NO2S. The molecular weight excluding hydrogens is 303 g/mol. The van der Waals surface area contributed by atoms with E-state index in [2.05, 4.69) is 4.74 Å². The summed E-state index contributed by atoms with van der Waals surface area (Å²) in [6.45, 7) is 1.54. The third-order valence-corrected chi connectivity index (χ3v) is 3.01. The zero-order valence-electron chi connectivity index (χ0n) is 9.55. The Morgan fingerprint density at radius 3 is 2.63 bits per heavy atom. The number of nitrogens with zero attached hydrogens (tertiary/aromatic N) is 1. The van der Waals surface area contributed by atoms with Gasteiger partial charge in [-0.2, -0.15) is 18.4 Å². The summed E-state index contributed by atoms with van der Waals surface area (Å²) >= 11 is 5.18. The minimum absolute atomic E-state index is 0.0134. The van der Waals surface area contributed by atoms with Crippen LogP contribution in [0.4, 0.5) is 13.2 Å². The molecule has 102 valence electrons. The van der Waals surface area contributed by atoms with E-state index in [9.17, 15) is 18.0 Å². The molecule has 0 bridgehead atoms. The highest BCUT2D eigenvalue weighted by Crippen LogP contribution is 2.40. The van der Waals surface area contributed by atoms with Gasteiger partial charge in [-0.3, -0.25) is 0 Å². The molecule has 0 amide bonds. The standard InChI is InChI=1S/C11H7ClF3NO2S/c1-2-18-10(17)7-3-6(5-16)8(12)4-9(7)19-11(13,14)15/h3-4H,2H2,1H3. The van der Waals surface area contributed by atoms with Crippen LogP contribution in [0.15, 0.2) is 17.0 Å². The molecule has 0 saturated heterocycles. The number of halogens is 4. The fraction of sp³-hybridized carbons (Fsp3) is 0.273. The number of rotatable bonds is 3. The molecule has 0 aromatic heterocycles. The van der Waals surface area contributed by atoms with E-state index in [0.717, 1.165) is 12.1 Å². The second kappa shape index (κ2) is 6.17. The maximum Gasteiger partial charge on any atom is 0.446 e. The highest BCUT2D eigenvalue weighted by Gasteiger charge is 2.32. The Morgan fingerprint density at radius 2 is 2.16 bits per heavy atom. The van der Waals surface area contributed by atoms with Gasteiger partial charge in [0.05, 0.1) is 22.8 Å². The Labute approximate surface area is 116 Å². The summed E-state index contributed by atoms with van der Waals surface area (Å²) in [6.07, 6.45) is 0. The van der Waals surface area contributed by atoms with Gasteiger partial charge in [0.2, 0.25) is 0 Å². The van der Waals surface area contributed by atoms with Gasteiger partial charge in [0.25, 0.3) is 0 Å². The molecule has 0 heterocycles. The van der Waals surface area contributed by atoms with Crippen LogP contribution in [0.5, 0.6) is 0 Å². The maximum absolute atomic E-state index is 12.4. The van der Waals surface area contributed by atoms with Gasteiger partial charge in [-0.1, -0.05) is 11.6 Å². The molecule has 0 aliphatic heterocycles. The van der Waals surface area contributed by atoms with E-state index in [-0.39, 0.29) is 22.8 Å². The molecule has 3 nitrogen and oxygen atoms in total. The zero-order chi connectivity index (χ0) is 14.6. The van der Waals surface area contributed by atoms with Crippen LogP contribution in [0.2, 0.25) is 5.02 Å². The molecule has 1 aromatic rings. The van der Waals surface area contributed by atoms with Gasteiger partial charge in [-0.25, -0.2) is 4.79 Å². The molecule has 0 atom stereocenters. The van der Waals surface area contributed by atoms with Crippen molar-refractivity contribution in [2.24, 2.45) is 0 Å². The average molecular weight is 310 g/mol. The molecule has 19 heavy (non-hydrogen) atoms. The van der Waals surface area contributed by atoms with Crippen molar-refractivity contribution in [1.82, 2.24) is 0 Å². The van der Waals surface area contributed by atoms with E-state index in [4.69, 9.17) is 16.9 Å². The van der Waals surface area contributed by atoms with Crippen molar-refractivity contribution in [2.75, 3.05) is 6.61 Å². The van der Waals surface area contributed by atoms with Gasteiger partial charge >= 0.3 is 11.5 Å².